The molecule has 0 bridgehead atoms. The smallest absolute Gasteiger partial charge is 0.226 e. The number of carbonyl (C=O) groups is 1. The lowest BCUT2D eigenvalue weighted by Gasteiger charge is -2.25. The van der Waals surface area contributed by atoms with Crippen molar-refractivity contribution in [1.29, 1.82) is 0 Å². The van der Waals surface area contributed by atoms with Gasteiger partial charge in [-0.3, -0.25) is 4.79 Å². The van der Waals surface area contributed by atoms with Crippen molar-refractivity contribution in [3.63, 3.8) is 0 Å². The van der Waals surface area contributed by atoms with Gasteiger partial charge in [-0.05, 0) is 49.4 Å². The van der Waals surface area contributed by atoms with Crippen molar-refractivity contribution in [2.45, 2.75) is 33.1 Å². The largest absolute Gasteiger partial charge is 0.493 e. The maximum atomic E-state index is 12.7. The number of rotatable bonds is 5. The van der Waals surface area contributed by atoms with Crippen LogP contribution in [0, 0.1) is 5.92 Å². The van der Waals surface area contributed by atoms with Gasteiger partial charge in [-0.15, -0.1) is 0 Å². The molecular weight excluding hydrogens is 266 g/mol. The Morgan fingerprint density at radius 1 is 1.19 bits per heavy atom. The van der Waals surface area contributed by atoms with E-state index in [1.165, 1.54) is 11.1 Å². The first-order chi connectivity index (χ1) is 10.1. The molecule has 2 rings (SSSR count). The summed E-state index contributed by atoms with van der Waals surface area (Å²) in [6, 6.07) is 4.04. The summed E-state index contributed by atoms with van der Waals surface area (Å²) in [4.78, 5) is 14.6. The van der Waals surface area contributed by atoms with Crippen LogP contribution in [0.5, 0.6) is 11.5 Å². The van der Waals surface area contributed by atoms with Gasteiger partial charge in [0.05, 0.1) is 14.2 Å². The van der Waals surface area contributed by atoms with Crippen LogP contribution in [0.2, 0.25) is 0 Å². The van der Waals surface area contributed by atoms with E-state index >= 15 is 0 Å². The van der Waals surface area contributed by atoms with Crippen molar-refractivity contribution in [3.05, 3.63) is 23.3 Å². The van der Waals surface area contributed by atoms with E-state index in [0.29, 0.717) is 0 Å². The van der Waals surface area contributed by atoms with Crippen LogP contribution < -0.4 is 9.47 Å². The molecule has 0 saturated carbocycles. The summed E-state index contributed by atoms with van der Waals surface area (Å²) in [5.74, 6) is 1.96. The molecule has 0 aliphatic heterocycles. The minimum absolute atomic E-state index is 0.0247. The summed E-state index contributed by atoms with van der Waals surface area (Å²) >= 11 is 0. The zero-order chi connectivity index (χ0) is 15.6. The molecular formula is C17H25NO3. The molecule has 4 nitrogen and oxygen atoms in total. The van der Waals surface area contributed by atoms with Crippen LogP contribution in [0.25, 0.3) is 0 Å². The van der Waals surface area contributed by atoms with E-state index < -0.39 is 0 Å². The van der Waals surface area contributed by atoms with Crippen LogP contribution in [-0.2, 0) is 11.2 Å². The van der Waals surface area contributed by atoms with E-state index in [4.69, 9.17) is 9.47 Å². The van der Waals surface area contributed by atoms with Gasteiger partial charge < -0.3 is 14.4 Å². The van der Waals surface area contributed by atoms with Gasteiger partial charge in [0.15, 0.2) is 11.5 Å². The summed E-state index contributed by atoms with van der Waals surface area (Å²) in [5, 5.41) is 0. The predicted octanol–water partition coefficient (Wildman–Crippen LogP) is 2.85. The third-order valence-electron chi connectivity index (χ3n) is 4.57. The number of nitrogens with zero attached hydrogens (tertiary/aromatic N) is 1. The molecule has 0 fully saturated rings. The van der Waals surface area contributed by atoms with Gasteiger partial charge >= 0.3 is 0 Å². The van der Waals surface area contributed by atoms with Gasteiger partial charge in [0.25, 0.3) is 0 Å². The first kappa shape index (κ1) is 15.7. The van der Waals surface area contributed by atoms with E-state index in [0.717, 1.165) is 31.0 Å². The molecule has 2 atom stereocenters. The van der Waals surface area contributed by atoms with Crippen molar-refractivity contribution in [3.8, 4) is 11.5 Å². The van der Waals surface area contributed by atoms with Crippen LogP contribution in [0.3, 0.4) is 0 Å². The standard InChI is InChI=1S/C17H25NO3/c1-6-18(7-2)17(19)14-8-12-9-15(20-4)16(21-5)10-13(12)11(14)3/h9-11,14H,6-8H2,1-5H3/t11-,14+/m1/s1. The fourth-order valence-electron chi connectivity index (χ4n) is 3.24. The van der Waals surface area contributed by atoms with Crippen LogP contribution in [0.1, 0.15) is 37.8 Å². The summed E-state index contributed by atoms with van der Waals surface area (Å²) in [6.07, 6.45) is 0.784. The van der Waals surface area contributed by atoms with Gasteiger partial charge in [0.2, 0.25) is 5.91 Å². The molecule has 0 radical (unpaired) electrons. The maximum absolute atomic E-state index is 12.7. The number of hydrogen-bond donors (Lipinski definition) is 0. The Morgan fingerprint density at radius 2 is 1.76 bits per heavy atom. The molecule has 0 N–H and O–H groups in total. The van der Waals surface area contributed by atoms with E-state index in [1.807, 2.05) is 30.9 Å². The molecule has 1 amide bonds. The molecule has 1 aromatic carbocycles. The lowest BCUT2D eigenvalue weighted by atomic mass is 9.93. The normalized spacial score (nSPS) is 20.0. The third kappa shape index (κ3) is 2.71. The zero-order valence-corrected chi connectivity index (χ0v) is 13.6. The molecule has 0 saturated heterocycles. The van der Waals surface area contributed by atoms with E-state index in [1.54, 1.807) is 14.2 Å². The molecule has 1 aliphatic rings. The van der Waals surface area contributed by atoms with Crippen molar-refractivity contribution in [2.75, 3.05) is 27.3 Å². The second-order valence-electron chi connectivity index (χ2n) is 5.52. The summed E-state index contributed by atoms with van der Waals surface area (Å²) in [6.45, 7) is 7.72. The summed E-state index contributed by atoms with van der Waals surface area (Å²) < 4.78 is 10.7. The van der Waals surface area contributed by atoms with E-state index in [9.17, 15) is 4.79 Å². The topological polar surface area (TPSA) is 38.8 Å². The average Bonchev–Trinajstić information content (AvgIpc) is 2.83. The van der Waals surface area contributed by atoms with Gasteiger partial charge in [0.1, 0.15) is 0 Å². The van der Waals surface area contributed by atoms with E-state index in [2.05, 4.69) is 6.92 Å². The molecule has 0 heterocycles. The Hall–Kier alpha value is -1.71. The molecule has 4 heteroatoms. The Balaban J connectivity index is 2.31. The Kier molecular flexibility index (Phi) is 4.76. The van der Waals surface area contributed by atoms with Crippen LogP contribution in [0.15, 0.2) is 12.1 Å². The number of carbonyl (C=O) groups excluding carboxylic acids is 1. The fraction of sp³-hybridized carbons (Fsp3) is 0.588. The number of hydrogen-bond acceptors (Lipinski definition) is 3. The van der Waals surface area contributed by atoms with Gasteiger partial charge in [-0.2, -0.15) is 0 Å². The van der Waals surface area contributed by atoms with Crippen molar-refractivity contribution in [2.24, 2.45) is 5.92 Å². The molecule has 0 aromatic heterocycles. The summed E-state index contributed by atoms with van der Waals surface area (Å²) in [7, 11) is 3.28. The molecule has 1 aliphatic carbocycles. The molecule has 0 unspecified atom stereocenters. The maximum Gasteiger partial charge on any atom is 0.226 e. The number of methoxy groups -OCH3 is 2. The summed E-state index contributed by atoms with van der Waals surface area (Å²) in [5.41, 5.74) is 2.41. The quantitative estimate of drug-likeness (QED) is 0.837. The van der Waals surface area contributed by atoms with Gasteiger partial charge in [-0.1, -0.05) is 6.92 Å². The first-order valence-corrected chi connectivity index (χ1v) is 7.60. The molecule has 116 valence electrons. The minimum Gasteiger partial charge on any atom is -0.493 e. The second kappa shape index (κ2) is 6.37. The number of ether oxygens (including phenoxy) is 2. The van der Waals surface area contributed by atoms with Crippen molar-refractivity contribution >= 4 is 5.91 Å². The van der Waals surface area contributed by atoms with Crippen molar-refractivity contribution < 1.29 is 14.3 Å². The predicted molar refractivity (Wildman–Crippen MR) is 83.1 cm³/mol. The molecule has 21 heavy (non-hydrogen) atoms. The Morgan fingerprint density at radius 3 is 2.29 bits per heavy atom. The Labute approximate surface area is 127 Å². The zero-order valence-electron chi connectivity index (χ0n) is 13.6. The highest BCUT2D eigenvalue weighted by Crippen LogP contribution is 2.43. The number of fused-ring (bicyclic) bond motifs is 1. The molecule has 0 spiro atoms. The average molecular weight is 291 g/mol. The van der Waals surface area contributed by atoms with Crippen LogP contribution in [0.4, 0.5) is 0 Å². The van der Waals surface area contributed by atoms with Gasteiger partial charge in [0, 0.05) is 19.0 Å². The van der Waals surface area contributed by atoms with Crippen LogP contribution >= 0.6 is 0 Å². The minimum atomic E-state index is 0.0247. The van der Waals surface area contributed by atoms with Crippen molar-refractivity contribution in [1.82, 2.24) is 4.90 Å². The number of amides is 1. The first-order valence-electron chi connectivity index (χ1n) is 7.60. The van der Waals surface area contributed by atoms with Crippen LogP contribution in [-0.4, -0.2) is 38.1 Å². The lowest BCUT2D eigenvalue weighted by Crippen LogP contribution is -2.37. The highest BCUT2D eigenvalue weighted by molar-refractivity contribution is 5.81. The lowest BCUT2D eigenvalue weighted by molar-refractivity contribution is -0.135. The highest BCUT2D eigenvalue weighted by atomic mass is 16.5. The fourth-order valence-corrected chi connectivity index (χ4v) is 3.24. The van der Waals surface area contributed by atoms with E-state index in [-0.39, 0.29) is 17.7 Å². The third-order valence-corrected chi connectivity index (χ3v) is 4.57. The number of benzene rings is 1. The highest BCUT2D eigenvalue weighted by Gasteiger charge is 2.36. The monoisotopic (exact) mass is 291 g/mol. The Bertz CT molecular complexity index is 523. The molecule has 1 aromatic rings. The van der Waals surface area contributed by atoms with Gasteiger partial charge in [-0.25, -0.2) is 0 Å². The second-order valence-corrected chi connectivity index (χ2v) is 5.52. The SMILES string of the molecule is CCN(CC)C(=O)[C@H]1Cc2cc(OC)c(OC)cc2[C@H]1C.